The van der Waals surface area contributed by atoms with Gasteiger partial charge in [-0.25, -0.2) is 0 Å². The van der Waals surface area contributed by atoms with Crippen LogP contribution in [0.15, 0.2) is 42.5 Å². The summed E-state index contributed by atoms with van der Waals surface area (Å²) < 4.78 is 38.6. The van der Waals surface area contributed by atoms with Gasteiger partial charge in [0.15, 0.2) is 0 Å². The van der Waals surface area contributed by atoms with Crippen molar-refractivity contribution in [2.45, 2.75) is 44.3 Å². The van der Waals surface area contributed by atoms with Gasteiger partial charge in [0.05, 0.1) is 12.3 Å². The van der Waals surface area contributed by atoms with Gasteiger partial charge in [0.2, 0.25) is 5.91 Å². The highest BCUT2D eigenvalue weighted by Crippen LogP contribution is 2.37. The Morgan fingerprint density at radius 1 is 1.08 bits per heavy atom. The molecule has 2 nitrogen and oxygen atoms in total. The number of nitrogens with one attached hydrogen (secondary N) is 1. The molecule has 0 spiro atoms. The lowest BCUT2D eigenvalue weighted by molar-refractivity contribution is -0.184. The molecule has 5 heteroatoms. The van der Waals surface area contributed by atoms with Crippen LogP contribution in [0.4, 0.5) is 13.2 Å². The Kier molecular flexibility index (Phi) is 4.78. The van der Waals surface area contributed by atoms with Crippen molar-refractivity contribution in [1.82, 2.24) is 5.32 Å². The second-order valence-electron chi connectivity index (χ2n) is 6.48. The SMILES string of the molecule is O=C(Cc1cccc2ccccc12)N[C@H]1CCC[C@H](C(F)(F)F)C1. The molecule has 0 radical (unpaired) electrons. The largest absolute Gasteiger partial charge is 0.391 e. The van der Waals surface area contributed by atoms with E-state index in [-0.39, 0.29) is 31.2 Å². The Balaban J connectivity index is 1.65. The van der Waals surface area contributed by atoms with Crippen molar-refractivity contribution in [3.8, 4) is 0 Å². The van der Waals surface area contributed by atoms with E-state index >= 15 is 0 Å². The Bertz CT molecular complexity index is 721. The number of amides is 1. The highest BCUT2D eigenvalue weighted by molar-refractivity contribution is 5.90. The minimum Gasteiger partial charge on any atom is -0.353 e. The maximum atomic E-state index is 12.9. The third kappa shape index (κ3) is 3.89. The minimum atomic E-state index is -4.17. The van der Waals surface area contributed by atoms with Gasteiger partial charge >= 0.3 is 6.18 Å². The van der Waals surface area contributed by atoms with E-state index in [4.69, 9.17) is 0 Å². The van der Waals surface area contributed by atoms with E-state index in [9.17, 15) is 18.0 Å². The maximum Gasteiger partial charge on any atom is 0.391 e. The van der Waals surface area contributed by atoms with Gasteiger partial charge in [0.1, 0.15) is 0 Å². The minimum absolute atomic E-state index is 0.00915. The molecule has 0 unspecified atom stereocenters. The first kappa shape index (κ1) is 16.8. The number of hydrogen-bond donors (Lipinski definition) is 1. The fourth-order valence-electron chi connectivity index (χ4n) is 3.52. The summed E-state index contributed by atoms with van der Waals surface area (Å²) in [5.74, 6) is -1.51. The van der Waals surface area contributed by atoms with Crippen LogP contribution < -0.4 is 5.32 Å². The lowest BCUT2D eigenvalue weighted by Gasteiger charge is -2.31. The van der Waals surface area contributed by atoms with Gasteiger partial charge in [-0.3, -0.25) is 4.79 Å². The third-order valence-electron chi connectivity index (χ3n) is 4.73. The summed E-state index contributed by atoms with van der Waals surface area (Å²) in [6.07, 6.45) is -2.70. The van der Waals surface area contributed by atoms with Crippen molar-refractivity contribution in [1.29, 1.82) is 0 Å². The molecule has 0 bridgehead atoms. The summed E-state index contributed by atoms with van der Waals surface area (Å²) in [5.41, 5.74) is 0.897. The molecule has 1 saturated carbocycles. The number of halogens is 3. The van der Waals surface area contributed by atoms with Crippen molar-refractivity contribution in [2.75, 3.05) is 0 Å². The topological polar surface area (TPSA) is 29.1 Å². The molecule has 2 aromatic rings. The molecular formula is C19H20F3NO. The van der Waals surface area contributed by atoms with Crippen LogP contribution in [-0.4, -0.2) is 18.1 Å². The molecule has 2 atom stereocenters. The summed E-state index contributed by atoms with van der Waals surface area (Å²) in [5, 5.41) is 4.85. The maximum absolute atomic E-state index is 12.9. The summed E-state index contributed by atoms with van der Waals surface area (Å²) in [7, 11) is 0. The number of carbonyl (C=O) groups excluding carboxylic acids is 1. The lowest BCUT2D eigenvalue weighted by atomic mass is 9.85. The molecule has 1 fully saturated rings. The number of benzene rings is 2. The van der Waals surface area contributed by atoms with Crippen molar-refractivity contribution in [3.63, 3.8) is 0 Å². The number of carbonyl (C=O) groups is 1. The second-order valence-corrected chi connectivity index (χ2v) is 6.48. The van der Waals surface area contributed by atoms with Crippen LogP contribution in [-0.2, 0) is 11.2 Å². The molecule has 0 aliphatic heterocycles. The van der Waals surface area contributed by atoms with E-state index < -0.39 is 12.1 Å². The Hall–Kier alpha value is -2.04. The van der Waals surface area contributed by atoms with Crippen molar-refractivity contribution in [2.24, 2.45) is 5.92 Å². The number of alkyl halides is 3. The molecule has 128 valence electrons. The van der Waals surface area contributed by atoms with Crippen molar-refractivity contribution >= 4 is 16.7 Å². The van der Waals surface area contributed by atoms with Gasteiger partial charge in [-0.1, -0.05) is 48.9 Å². The van der Waals surface area contributed by atoms with Gasteiger partial charge in [-0.15, -0.1) is 0 Å². The van der Waals surface area contributed by atoms with Crippen LogP contribution >= 0.6 is 0 Å². The van der Waals surface area contributed by atoms with Crippen LogP contribution in [0.25, 0.3) is 10.8 Å². The zero-order chi connectivity index (χ0) is 17.2. The van der Waals surface area contributed by atoms with E-state index in [1.54, 1.807) is 0 Å². The molecule has 0 heterocycles. The van der Waals surface area contributed by atoms with Crippen LogP contribution in [0.3, 0.4) is 0 Å². The van der Waals surface area contributed by atoms with Crippen molar-refractivity contribution < 1.29 is 18.0 Å². The van der Waals surface area contributed by atoms with Gasteiger partial charge in [0.25, 0.3) is 0 Å². The lowest BCUT2D eigenvalue weighted by Crippen LogP contribution is -2.42. The molecule has 24 heavy (non-hydrogen) atoms. The Morgan fingerprint density at radius 3 is 2.62 bits per heavy atom. The normalized spacial score (nSPS) is 21.6. The molecule has 2 aromatic carbocycles. The van der Waals surface area contributed by atoms with Gasteiger partial charge in [-0.05, 0) is 35.6 Å². The van der Waals surface area contributed by atoms with Crippen LogP contribution in [0.5, 0.6) is 0 Å². The number of fused-ring (bicyclic) bond motifs is 1. The number of rotatable bonds is 3. The predicted octanol–water partition coefficient (Wildman–Crippen LogP) is 4.62. The van der Waals surface area contributed by atoms with Gasteiger partial charge in [-0.2, -0.15) is 13.2 Å². The summed E-state index contributed by atoms with van der Waals surface area (Å²) in [6.45, 7) is 0. The quantitative estimate of drug-likeness (QED) is 0.871. The highest BCUT2D eigenvalue weighted by atomic mass is 19.4. The molecule has 0 saturated heterocycles. The molecule has 3 rings (SSSR count). The first-order valence-corrected chi connectivity index (χ1v) is 8.26. The molecule has 1 aliphatic rings. The summed E-state index contributed by atoms with van der Waals surface area (Å²) >= 11 is 0. The number of hydrogen-bond acceptors (Lipinski definition) is 1. The summed E-state index contributed by atoms with van der Waals surface area (Å²) in [6, 6.07) is 13.2. The monoisotopic (exact) mass is 335 g/mol. The Labute approximate surface area is 139 Å². The predicted molar refractivity (Wildman–Crippen MR) is 87.6 cm³/mol. The average molecular weight is 335 g/mol. The molecule has 0 aromatic heterocycles. The molecule has 1 aliphatic carbocycles. The zero-order valence-electron chi connectivity index (χ0n) is 13.3. The standard InChI is InChI=1S/C19H20F3NO/c20-19(21,22)15-8-4-9-16(12-15)23-18(24)11-14-7-3-6-13-5-1-2-10-17(13)14/h1-3,5-7,10,15-16H,4,8-9,11-12H2,(H,23,24)/t15-,16-/m0/s1. The average Bonchev–Trinajstić information content (AvgIpc) is 2.54. The molecule has 1 N–H and O–H groups in total. The highest BCUT2D eigenvalue weighted by Gasteiger charge is 2.42. The second kappa shape index (κ2) is 6.83. The zero-order valence-corrected chi connectivity index (χ0v) is 13.3. The van der Waals surface area contributed by atoms with E-state index in [2.05, 4.69) is 5.32 Å². The van der Waals surface area contributed by atoms with Crippen LogP contribution in [0, 0.1) is 5.92 Å². The first-order chi connectivity index (χ1) is 11.4. The van der Waals surface area contributed by atoms with Crippen molar-refractivity contribution in [3.05, 3.63) is 48.0 Å². The van der Waals surface area contributed by atoms with Crippen LogP contribution in [0.2, 0.25) is 0 Å². The van der Waals surface area contributed by atoms with E-state index in [1.165, 1.54) is 0 Å². The van der Waals surface area contributed by atoms with Gasteiger partial charge < -0.3 is 5.32 Å². The third-order valence-corrected chi connectivity index (χ3v) is 4.73. The van der Waals surface area contributed by atoms with E-state index in [1.807, 2.05) is 42.5 Å². The Morgan fingerprint density at radius 2 is 1.83 bits per heavy atom. The smallest absolute Gasteiger partial charge is 0.353 e. The molecule has 1 amide bonds. The van der Waals surface area contributed by atoms with Crippen LogP contribution in [0.1, 0.15) is 31.2 Å². The molecular weight excluding hydrogens is 315 g/mol. The first-order valence-electron chi connectivity index (χ1n) is 8.26. The fourth-order valence-corrected chi connectivity index (χ4v) is 3.52. The van der Waals surface area contributed by atoms with E-state index in [0.717, 1.165) is 16.3 Å². The van der Waals surface area contributed by atoms with Gasteiger partial charge in [0, 0.05) is 6.04 Å². The van der Waals surface area contributed by atoms with E-state index in [0.29, 0.717) is 12.8 Å². The summed E-state index contributed by atoms with van der Waals surface area (Å²) in [4.78, 5) is 12.3. The fraction of sp³-hybridized carbons (Fsp3) is 0.421.